The van der Waals surface area contributed by atoms with Gasteiger partial charge in [0.05, 0.1) is 12.0 Å². The van der Waals surface area contributed by atoms with Crippen LogP contribution in [0.15, 0.2) is 42.5 Å². The van der Waals surface area contributed by atoms with Crippen LogP contribution >= 0.6 is 11.6 Å². The zero-order chi connectivity index (χ0) is 23.1. The lowest BCUT2D eigenvalue weighted by molar-refractivity contribution is -0.143. The number of benzene rings is 2. The van der Waals surface area contributed by atoms with Crippen LogP contribution in [0.1, 0.15) is 52.0 Å². The number of hydrogen-bond acceptors (Lipinski definition) is 4. The summed E-state index contributed by atoms with van der Waals surface area (Å²) in [6.45, 7) is 2.42. The maximum Gasteiger partial charge on any atom is 0.306 e. The molecule has 7 nitrogen and oxygen atoms in total. The number of aryl methyl sites for hydroxylation is 1. The van der Waals surface area contributed by atoms with Gasteiger partial charge in [0.1, 0.15) is 5.75 Å². The number of amides is 2. The fourth-order valence-electron chi connectivity index (χ4n) is 3.65. The number of rotatable bonds is 8. The Morgan fingerprint density at radius 3 is 2.06 bits per heavy atom. The van der Waals surface area contributed by atoms with Crippen molar-refractivity contribution in [3.63, 3.8) is 0 Å². The van der Waals surface area contributed by atoms with Crippen molar-refractivity contribution in [2.75, 3.05) is 13.1 Å². The van der Waals surface area contributed by atoms with Gasteiger partial charge in [-0.05, 0) is 80.6 Å². The van der Waals surface area contributed by atoms with Crippen LogP contribution < -0.4 is 15.4 Å². The number of carbonyl (C=O) groups excluding carboxylic acids is 2. The maximum absolute atomic E-state index is 12.3. The summed E-state index contributed by atoms with van der Waals surface area (Å²) < 4.78 is 5.92. The average Bonchev–Trinajstić information content (AvgIpc) is 2.79. The predicted molar refractivity (Wildman–Crippen MR) is 121 cm³/mol. The minimum absolute atomic E-state index is 0.00156. The standard InChI is InChI=1S/C24H27ClN2O5/c1-15-14-18(6-11-21(15)25)23(29)27-13-12-26-22(28)16-2-7-19(8-3-16)32-20-9-4-17(5-10-20)24(30)31/h2-3,6-8,11,14,17,20H,4-5,9-10,12-13H2,1H3,(H,26,28)(H,27,29)(H,30,31)/t17-,20-. The van der Waals surface area contributed by atoms with Gasteiger partial charge in [-0.25, -0.2) is 0 Å². The quantitative estimate of drug-likeness (QED) is 0.521. The molecule has 1 fully saturated rings. The molecule has 8 heteroatoms. The van der Waals surface area contributed by atoms with Gasteiger partial charge < -0.3 is 20.5 Å². The highest BCUT2D eigenvalue weighted by molar-refractivity contribution is 6.31. The van der Waals surface area contributed by atoms with E-state index in [4.69, 9.17) is 21.4 Å². The molecule has 1 aliphatic carbocycles. The number of carboxylic acid groups (broad SMARTS) is 1. The minimum Gasteiger partial charge on any atom is -0.490 e. The first-order valence-electron chi connectivity index (χ1n) is 10.7. The Kier molecular flexibility index (Phi) is 8.11. The highest BCUT2D eigenvalue weighted by atomic mass is 35.5. The van der Waals surface area contributed by atoms with Crippen LogP contribution in [0.3, 0.4) is 0 Å². The van der Waals surface area contributed by atoms with Crippen molar-refractivity contribution in [1.82, 2.24) is 10.6 Å². The Hall–Kier alpha value is -3.06. The van der Waals surface area contributed by atoms with Gasteiger partial charge in [-0.15, -0.1) is 0 Å². The third-order valence-electron chi connectivity index (χ3n) is 5.56. The van der Waals surface area contributed by atoms with Crippen LogP contribution in [-0.4, -0.2) is 42.1 Å². The summed E-state index contributed by atoms with van der Waals surface area (Å²) in [6, 6.07) is 11.9. The molecule has 0 atom stereocenters. The first-order chi connectivity index (χ1) is 15.3. The highest BCUT2D eigenvalue weighted by Crippen LogP contribution is 2.28. The van der Waals surface area contributed by atoms with Gasteiger partial charge in [-0.3, -0.25) is 14.4 Å². The van der Waals surface area contributed by atoms with Gasteiger partial charge in [-0.1, -0.05) is 11.6 Å². The lowest BCUT2D eigenvalue weighted by Crippen LogP contribution is -2.34. The third kappa shape index (κ3) is 6.47. The van der Waals surface area contributed by atoms with Gasteiger partial charge in [0.25, 0.3) is 11.8 Å². The molecule has 1 saturated carbocycles. The number of halogens is 1. The molecule has 2 amide bonds. The van der Waals surface area contributed by atoms with E-state index < -0.39 is 5.97 Å². The molecular formula is C24H27ClN2O5. The Balaban J connectivity index is 1.39. The summed E-state index contributed by atoms with van der Waals surface area (Å²) in [5.41, 5.74) is 1.84. The van der Waals surface area contributed by atoms with E-state index in [-0.39, 0.29) is 23.8 Å². The molecular weight excluding hydrogens is 432 g/mol. The SMILES string of the molecule is Cc1cc(C(=O)NCCNC(=O)c2ccc(O[C@H]3CC[C@H](C(=O)O)CC3)cc2)ccc1Cl. The first-order valence-corrected chi connectivity index (χ1v) is 11.0. The normalized spacial score (nSPS) is 17.9. The average molecular weight is 459 g/mol. The first kappa shape index (κ1) is 23.6. The number of carboxylic acids is 1. The number of aliphatic carboxylic acids is 1. The van der Waals surface area contributed by atoms with Crippen molar-refractivity contribution in [2.45, 2.75) is 38.7 Å². The van der Waals surface area contributed by atoms with E-state index in [9.17, 15) is 14.4 Å². The van der Waals surface area contributed by atoms with E-state index in [1.807, 2.05) is 6.92 Å². The van der Waals surface area contributed by atoms with Crippen LogP contribution in [0.2, 0.25) is 5.02 Å². The second-order valence-electron chi connectivity index (χ2n) is 7.93. The summed E-state index contributed by atoms with van der Waals surface area (Å²) in [6.07, 6.45) is 2.66. The van der Waals surface area contributed by atoms with E-state index in [0.717, 1.165) is 5.56 Å². The van der Waals surface area contributed by atoms with E-state index in [1.165, 1.54) is 0 Å². The number of hydrogen-bond donors (Lipinski definition) is 3. The second kappa shape index (κ2) is 11.0. The van der Waals surface area contributed by atoms with E-state index in [2.05, 4.69) is 10.6 Å². The smallest absolute Gasteiger partial charge is 0.306 e. The summed E-state index contributed by atoms with van der Waals surface area (Å²) in [5.74, 6) is -0.821. The van der Waals surface area contributed by atoms with Crippen molar-refractivity contribution in [3.05, 3.63) is 64.2 Å². The fourth-order valence-corrected chi connectivity index (χ4v) is 3.76. The van der Waals surface area contributed by atoms with Crippen molar-refractivity contribution in [2.24, 2.45) is 5.92 Å². The molecule has 0 aromatic heterocycles. The van der Waals surface area contributed by atoms with Gasteiger partial charge in [0.2, 0.25) is 0 Å². The summed E-state index contributed by atoms with van der Waals surface area (Å²) >= 11 is 5.97. The fraction of sp³-hybridized carbons (Fsp3) is 0.375. The molecule has 0 heterocycles. The van der Waals surface area contributed by atoms with E-state index in [1.54, 1.807) is 42.5 Å². The van der Waals surface area contributed by atoms with Crippen LogP contribution in [0.5, 0.6) is 5.75 Å². The largest absolute Gasteiger partial charge is 0.490 e. The molecule has 2 aromatic carbocycles. The Labute approximate surface area is 192 Å². The third-order valence-corrected chi connectivity index (χ3v) is 5.98. The molecule has 3 N–H and O–H groups in total. The van der Waals surface area contributed by atoms with Crippen LogP contribution in [0, 0.1) is 12.8 Å². The van der Waals surface area contributed by atoms with Crippen molar-refractivity contribution in [1.29, 1.82) is 0 Å². The molecule has 1 aliphatic rings. The monoisotopic (exact) mass is 458 g/mol. The molecule has 3 rings (SSSR count). The Morgan fingerprint density at radius 2 is 1.50 bits per heavy atom. The summed E-state index contributed by atoms with van der Waals surface area (Å²) in [7, 11) is 0. The van der Waals surface area contributed by atoms with Gasteiger partial charge >= 0.3 is 5.97 Å². The minimum atomic E-state index is -0.738. The highest BCUT2D eigenvalue weighted by Gasteiger charge is 2.26. The maximum atomic E-state index is 12.3. The summed E-state index contributed by atoms with van der Waals surface area (Å²) in [4.78, 5) is 35.5. The summed E-state index contributed by atoms with van der Waals surface area (Å²) in [5, 5.41) is 15.2. The molecule has 0 bridgehead atoms. The Bertz CT molecular complexity index is 969. The Morgan fingerprint density at radius 1 is 0.938 bits per heavy atom. The van der Waals surface area contributed by atoms with E-state index in [0.29, 0.717) is 60.7 Å². The number of carbonyl (C=O) groups is 3. The molecule has 2 aromatic rings. The molecule has 0 radical (unpaired) electrons. The lowest BCUT2D eigenvalue weighted by atomic mass is 9.87. The second-order valence-corrected chi connectivity index (χ2v) is 8.34. The number of nitrogens with one attached hydrogen (secondary N) is 2. The van der Waals surface area contributed by atoms with Crippen LogP contribution in [-0.2, 0) is 4.79 Å². The zero-order valence-electron chi connectivity index (χ0n) is 17.9. The molecule has 0 unspecified atom stereocenters. The lowest BCUT2D eigenvalue weighted by Gasteiger charge is -2.26. The molecule has 0 spiro atoms. The van der Waals surface area contributed by atoms with Crippen LogP contribution in [0.25, 0.3) is 0 Å². The van der Waals surface area contributed by atoms with Crippen molar-refractivity contribution in [3.8, 4) is 5.75 Å². The number of ether oxygens (including phenoxy) is 1. The molecule has 0 saturated heterocycles. The van der Waals surface area contributed by atoms with E-state index >= 15 is 0 Å². The van der Waals surface area contributed by atoms with Gasteiger partial charge in [0, 0.05) is 29.2 Å². The van der Waals surface area contributed by atoms with Gasteiger partial charge in [0.15, 0.2) is 0 Å². The van der Waals surface area contributed by atoms with Crippen molar-refractivity contribution < 1.29 is 24.2 Å². The predicted octanol–water partition coefficient (Wildman–Crippen LogP) is 3.83. The van der Waals surface area contributed by atoms with Crippen molar-refractivity contribution >= 4 is 29.4 Å². The molecule has 170 valence electrons. The molecule has 32 heavy (non-hydrogen) atoms. The van der Waals surface area contributed by atoms with Crippen LogP contribution in [0.4, 0.5) is 0 Å². The van der Waals surface area contributed by atoms with Gasteiger partial charge in [-0.2, -0.15) is 0 Å². The topological polar surface area (TPSA) is 105 Å². The zero-order valence-corrected chi connectivity index (χ0v) is 18.7. The molecule has 0 aliphatic heterocycles.